The van der Waals surface area contributed by atoms with Crippen molar-refractivity contribution in [3.05, 3.63) is 23.8 Å². The van der Waals surface area contributed by atoms with E-state index >= 15 is 0 Å². The van der Waals surface area contributed by atoms with Gasteiger partial charge in [0.25, 0.3) is 0 Å². The molecule has 0 heterocycles. The highest BCUT2D eigenvalue weighted by Crippen LogP contribution is 2.28. The molecule has 0 aliphatic rings. The van der Waals surface area contributed by atoms with Crippen molar-refractivity contribution in [2.75, 3.05) is 33.9 Å². The van der Waals surface area contributed by atoms with Gasteiger partial charge in [0.1, 0.15) is 5.78 Å². The molecule has 1 rings (SSSR count). The molecule has 0 aliphatic carbocycles. The number of hydrogen-bond acceptors (Lipinski definition) is 4. The first-order chi connectivity index (χ1) is 10.6. The number of carbonyl (C=O) groups is 1. The SMILES string of the molecule is CCN(CC)CCC(=O)CCCc1ccc(OC)c(OC)c1. The van der Waals surface area contributed by atoms with Gasteiger partial charge in [0, 0.05) is 19.4 Å². The smallest absolute Gasteiger partial charge is 0.160 e. The molecule has 0 aromatic heterocycles. The lowest BCUT2D eigenvalue weighted by Gasteiger charge is -2.17. The average molecular weight is 307 g/mol. The summed E-state index contributed by atoms with van der Waals surface area (Å²) in [6.45, 7) is 7.16. The maximum absolute atomic E-state index is 11.9. The van der Waals surface area contributed by atoms with Gasteiger partial charge in [0.05, 0.1) is 14.2 Å². The van der Waals surface area contributed by atoms with Crippen LogP contribution in [0.5, 0.6) is 11.5 Å². The fraction of sp³-hybridized carbons (Fsp3) is 0.611. The van der Waals surface area contributed by atoms with Crippen LogP contribution < -0.4 is 9.47 Å². The maximum Gasteiger partial charge on any atom is 0.160 e. The van der Waals surface area contributed by atoms with Gasteiger partial charge in [-0.05, 0) is 43.6 Å². The first-order valence-electron chi connectivity index (χ1n) is 8.09. The number of rotatable bonds is 11. The van der Waals surface area contributed by atoms with Gasteiger partial charge in [-0.25, -0.2) is 0 Å². The van der Waals surface area contributed by atoms with E-state index in [4.69, 9.17) is 9.47 Å². The molecule has 0 saturated heterocycles. The average Bonchev–Trinajstić information content (AvgIpc) is 2.55. The zero-order chi connectivity index (χ0) is 16.4. The van der Waals surface area contributed by atoms with Crippen LogP contribution in [-0.4, -0.2) is 44.5 Å². The number of ether oxygens (including phenoxy) is 2. The summed E-state index contributed by atoms with van der Waals surface area (Å²) < 4.78 is 10.5. The molecule has 4 heteroatoms. The second-order valence-electron chi connectivity index (χ2n) is 5.36. The molecule has 0 saturated carbocycles. The number of nitrogens with zero attached hydrogens (tertiary/aromatic N) is 1. The third kappa shape index (κ3) is 6.06. The van der Waals surface area contributed by atoms with Crippen molar-refractivity contribution in [3.8, 4) is 11.5 Å². The molecule has 4 nitrogen and oxygen atoms in total. The van der Waals surface area contributed by atoms with Crippen LogP contribution in [0.3, 0.4) is 0 Å². The summed E-state index contributed by atoms with van der Waals surface area (Å²) in [4.78, 5) is 14.2. The highest BCUT2D eigenvalue weighted by molar-refractivity contribution is 5.78. The Morgan fingerprint density at radius 3 is 2.32 bits per heavy atom. The highest BCUT2D eigenvalue weighted by atomic mass is 16.5. The van der Waals surface area contributed by atoms with Crippen molar-refractivity contribution in [2.45, 2.75) is 39.5 Å². The highest BCUT2D eigenvalue weighted by Gasteiger charge is 2.07. The van der Waals surface area contributed by atoms with Gasteiger partial charge in [-0.1, -0.05) is 19.9 Å². The van der Waals surface area contributed by atoms with Gasteiger partial charge >= 0.3 is 0 Å². The monoisotopic (exact) mass is 307 g/mol. The van der Waals surface area contributed by atoms with Crippen LogP contribution in [0.15, 0.2) is 18.2 Å². The Labute approximate surface area is 134 Å². The van der Waals surface area contributed by atoms with Crippen LogP contribution in [0.4, 0.5) is 0 Å². The minimum atomic E-state index is 0.354. The molecule has 0 spiro atoms. The van der Waals surface area contributed by atoms with E-state index in [1.54, 1.807) is 14.2 Å². The predicted octanol–water partition coefficient (Wildman–Crippen LogP) is 3.33. The molecule has 0 radical (unpaired) electrons. The topological polar surface area (TPSA) is 38.8 Å². The number of methoxy groups -OCH3 is 2. The van der Waals surface area contributed by atoms with Crippen LogP contribution in [0.25, 0.3) is 0 Å². The van der Waals surface area contributed by atoms with Gasteiger partial charge < -0.3 is 14.4 Å². The molecule has 22 heavy (non-hydrogen) atoms. The van der Waals surface area contributed by atoms with Crippen LogP contribution in [-0.2, 0) is 11.2 Å². The Hall–Kier alpha value is -1.55. The lowest BCUT2D eigenvalue weighted by molar-refractivity contribution is -0.119. The zero-order valence-corrected chi connectivity index (χ0v) is 14.4. The van der Waals surface area contributed by atoms with Crippen LogP contribution >= 0.6 is 0 Å². The molecular weight excluding hydrogens is 278 g/mol. The first kappa shape index (κ1) is 18.5. The van der Waals surface area contributed by atoms with Gasteiger partial charge in [-0.15, -0.1) is 0 Å². The zero-order valence-electron chi connectivity index (χ0n) is 14.4. The van der Waals surface area contributed by atoms with E-state index in [0.29, 0.717) is 18.6 Å². The van der Waals surface area contributed by atoms with Crippen molar-refractivity contribution in [3.63, 3.8) is 0 Å². The summed E-state index contributed by atoms with van der Waals surface area (Å²) in [6.07, 6.45) is 3.08. The Kier molecular flexibility index (Phi) is 8.60. The van der Waals surface area contributed by atoms with Crippen LogP contribution in [0, 0.1) is 0 Å². The van der Waals surface area contributed by atoms with Crippen LogP contribution in [0.2, 0.25) is 0 Å². The van der Waals surface area contributed by atoms with Gasteiger partial charge in [-0.2, -0.15) is 0 Å². The summed E-state index contributed by atoms with van der Waals surface area (Å²) in [5.74, 6) is 1.83. The lowest BCUT2D eigenvalue weighted by atomic mass is 10.0. The number of Topliss-reactive ketones (excluding diaryl/α,β-unsaturated/α-hetero) is 1. The summed E-state index contributed by atoms with van der Waals surface area (Å²) in [7, 11) is 3.27. The second kappa shape index (κ2) is 10.2. The van der Waals surface area contributed by atoms with E-state index in [1.807, 2.05) is 18.2 Å². The maximum atomic E-state index is 11.9. The first-order valence-corrected chi connectivity index (χ1v) is 8.09. The molecule has 1 aromatic carbocycles. The number of aryl methyl sites for hydroxylation is 1. The van der Waals surface area contributed by atoms with Gasteiger partial charge in [0.15, 0.2) is 11.5 Å². The van der Waals surface area contributed by atoms with E-state index in [0.717, 1.165) is 44.0 Å². The molecule has 0 fully saturated rings. The summed E-state index contributed by atoms with van der Waals surface area (Å²) in [6, 6.07) is 5.93. The third-order valence-corrected chi connectivity index (χ3v) is 3.97. The molecule has 0 amide bonds. The number of benzene rings is 1. The van der Waals surface area contributed by atoms with E-state index in [2.05, 4.69) is 18.7 Å². The fourth-order valence-corrected chi connectivity index (χ4v) is 2.47. The summed E-state index contributed by atoms with van der Waals surface area (Å²) in [5.41, 5.74) is 1.18. The largest absolute Gasteiger partial charge is 0.493 e. The quantitative estimate of drug-likeness (QED) is 0.628. The number of carbonyl (C=O) groups excluding carboxylic acids is 1. The van der Waals surface area contributed by atoms with Crippen molar-refractivity contribution >= 4 is 5.78 Å². The van der Waals surface area contributed by atoms with Crippen molar-refractivity contribution in [1.82, 2.24) is 4.90 Å². The second-order valence-corrected chi connectivity index (χ2v) is 5.36. The molecule has 124 valence electrons. The van der Waals surface area contributed by atoms with Crippen molar-refractivity contribution < 1.29 is 14.3 Å². The lowest BCUT2D eigenvalue weighted by Crippen LogP contribution is -2.25. The van der Waals surface area contributed by atoms with Gasteiger partial charge in [0.2, 0.25) is 0 Å². The van der Waals surface area contributed by atoms with Crippen molar-refractivity contribution in [2.24, 2.45) is 0 Å². The minimum absolute atomic E-state index is 0.354. The minimum Gasteiger partial charge on any atom is -0.493 e. The molecule has 0 unspecified atom stereocenters. The Morgan fingerprint density at radius 2 is 1.73 bits per heavy atom. The van der Waals surface area contributed by atoms with Crippen LogP contribution in [0.1, 0.15) is 38.7 Å². The summed E-state index contributed by atoms with van der Waals surface area (Å²) >= 11 is 0. The normalized spacial score (nSPS) is 10.8. The summed E-state index contributed by atoms with van der Waals surface area (Å²) in [5, 5.41) is 0. The number of hydrogen-bond donors (Lipinski definition) is 0. The van der Waals surface area contributed by atoms with E-state index in [1.165, 1.54) is 5.56 Å². The molecule has 0 aliphatic heterocycles. The molecule has 0 atom stereocenters. The van der Waals surface area contributed by atoms with Crippen molar-refractivity contribution in [1.29, 1.82) is 0 Å². The third-order valence-electron chi connectivity index (χ3n) is 3.97. The Morgan fingerprint density at radius 1 is 1.05 bits per heavy atom. The predicted molar refractivity (Wildman–Crippen MR) is 89.9 cm³/mol. The van der Waals surface area contributed by atoms with E-state index in [9.17, 15) is 4.79 Å². The Bertz CT molecular complexity index is 456. The fourth-order valence-electron chi connectivity index (χ4n) is 2.47. The Balaban J connectivity index is 2.36. The van der Waals surface area contributed by atoms with E-state index in [-0.39, 0.29) is 0 Å². The van der Waals surface area contributed by atoms with E-state index < -0.39 is 0 Å². The number of ketones is 1. The molecule has 0 bridgehead atoms. The standard InChI is InChI=1S/C18H29NO3/c1-5-19(6-2)13-12-16(20)9-7-8-15-10-11-17(21-3)18(14-15)22-4/h10-11,14H,5-9,12-13H2,1-4H3. The molecule has 0 N–H and O–H groups in total. The molecule has 1 aromatic rings. The molecular formula is C18H29NO3. The van der Waals surface area contributed by atoms with Gasteiger partial charge in [-0.3, -0.25) is 4.79 Å².